The minimum Gasteiger partial charge on any atom is -0.497 e. The molecule has 0 saturated carbocycles. The number of esters is 1. The number of carbonyl (C=O) groups excluding carboxylic acids is 1. The highest BCUT2D eigenvalue weighted by molar-refractivity contribution is 5.87. The molecule has 1 rings (SSSR count). The second-order valence-electron chi connectivity index (χ2n) is 5.69. The van der Waals surface area contributed by atoms with E-state index in [-0.39, 0.29) is 5.97 Å². The molecule has 0 N–H and O–H groups in total. The topological polar surface area (TPSA) is 35.5 Å². The third-order valence-electron chi connectivity index (χ3n) is 3.59. The predicted molar refractivity (Wildman–Crippen MR) is 90.9 cm³/mol. The van der Waals surface area contributed by atoms with E-state index in [0.29, 0.717) is 12.5 Å². The van der Waals surface area contributed by atoms with Gasteiger partial charge in [-0.25, -0.2) is 4.79 Å². The minimum absolute atomic E-state index is 0.281. The van der Waals surface area contributed by atoms with Crippen molar-refractivity contribution in [2.75, 3.05) is 13.7 Å². The number of unbranched alkanes of at least 4 members (excludes halogenated alkanes) is 3. The van der Waals surface area contributed by atoms with E-state index in [1.165, 1.54) is 31.8 Å². The summed E-state index contributed by atoms with van der Waals surface area (Å²) in [5.74, 6) is 0.947. The first-order chi connectivity index (χ1) is 10.7. The fraction of sp³-hybridized carbons (Fsp3) is 0.526. The Labute approximate surface area is 134 Å². The van der Waals surface area contributed by atoms with Gasteiger partial charge < -0.3 is 9.47 Å². The van der Waals surface area contributed by atoms with Gasteiger partial charge in [0.15, 0.2) is 0 Å². The van der Waals surface area contributed by atoms with Crippen molar-refractivity contribution in [2.45, 2.75) is 46.0 Å². The first-order valence-electron chi connectivity index (χ1n) is 8.14. The lowest BCUT2D eigenvalue weighted by Gasteiger charge is -2.10. The molecule has 22 heavy (non-hydrogen) atoms. The van der Waals surface area contributed by atoms with Crippen LogP contribution in [0.1, 0.15) is 51.5 Å². The van der Waals surface area contributed by atoms with Crippen molar-refractivity contribution in [3.05, 3.63) is 35.9 Å². The number of hydrogen-bond donors (Lipinski definition) is 0. The van der Waals surface area contributed by atoms with Crippen molar-refractivity contribution in [1.82, 2.24) is 0 Å². The zero-order chi connectivity index (χ0) is 16.2. The molecular weight excluding hydrogens is 276 g/mol. The molecule has 0 heterocycles. The molecule has 1 unspecified atom stereocenters. The number of carbonyl (C=O) groups is 1. The zero-order valence-electron chi connectivity index (χ0n) is 14.0. The van der Waals surface area contributed by atoms with Crippen LogP contribution in [-0.4, -0.2) is 19.7 Å². The van der Waals surface area contributed by atoms with E-state index in [1.54, 1.807) is 13.2 Å². The molecule has 0 amide bonds. The first kappa shape index (κ1) is 18.3. The SMILES string of the molecule is CCCCCCC(C)COC(=O)C=Cc1ccc(OC)cc1. The second-order valence-corrected chi connectivity index (χ2v) is 5.69. The quantitative estimate of drug-likeness (QED) is 0.352. The van der Waals surface area contributed by atoms with E-state index >= 15 is 0 Å². The molecule has 1 aromatic carbocycles. The summed E-state index contributed by atoms with van der Waals surface area (Å²) in [5, 5.41) is 0. The van der Waals surface area contributed by atoms with Crippen molar-refractivity contribution in [2.24, 2.45) is 5.92 Å². The Hall–Kier alpha value is -1.77. The van der Waals surface area contributed by atoms with Crippen LogP contribution in [0.5, 0.6) is 5.75 Å². The molecule has 3 nitrogen and oxygen atoms in total. The molecule has 0 aliphatic carbocycles. The standard InChI is InChI=1S/C19H28O3/c1-4-5-6-7-8-16(2)15-22-19(20)14-11-17-9-12-18(21-3)13-10-17/h9-14,16H,4-8,15H2,1-3H3. The van der Waals surface area contributed by atoms with Gasteiger partial charge in [0.25, 0.3) is 0 Å². The van der Waals surface area contributed by atoms with Crippen LogP contribution in [-0.2, 0) is 9.53 Å². The lowest BCUT2D eigenvalue weighted by molar-refractivity contribution is -0.138. The molecule has 1 atom stereocenters. The van der Waals surface area contributed by atoms with Gasteiger partial charge in [0.1, 0.15) is 5.75 Å². The Morgan fingerprint density at radius 2 is 1.91 bits per heavy atom. The van der Waals surface area contributed by atoms with E-state index in [1.807, 2.05) is 24.3 Å². The molecular formula is C19H28O3. The van der Waals surface area contributed by atoms with Crippen molar-refractivity contribution in [3.8, 4) is 5.75 Å². The summed E-state index contributed by atoms with van der Waals surface area (Å²) < 4.78 is 10.4. The predicted octanol–water partition coefficient (Wildman–Crippen LogP) is 4.86. The summed E-state index contributed by atoms with van der Waals surface area (Å²) in [4.78, 5) is 11.7. The summed E-state index contributed by atoms with van der Waals surface area (Å²) in [6.07, 6.45) is 9.38. The Bertz CT molecular complexity index is 448. The highest BCUT2D eigenvalue weighted by Crippen LogP contribution is 2.13. The van der Waals surface area contributed by atoms with Gasteiger partial charge in [-0.15, -0.1) is 0 Å². The maximum atomic E-state index is 11.7. The van der Waals surface area contributed by atoms with Gasteiger partial charge in [-0.1, -0.05) is 51.7 Å². The van der Waals surface area contributed by atoms with Gasteiger partial charge in [-0.3, -0.25) is 0 Å². The minimum atomic E-state index is -0.281. The molecule has 0 aliphatic rings. The van der Waals surface area contributed by atoms with Crippen LogP contribution >= 0.6 is 0 Å². The third kappa shape index (κ3) is 7.87. The molecule has 0 aromatic heterocycles. The van der Waals surface area contributed by atoms with Crippen LogP contribution in [0.4, 0.5) is 0 Å². The third-order valence-corrected chi connectivity index (χ3v) is 3.59. The Morgan fingerprint density at radius 1 is 1.18 bits per heavy atom. The molecule has 122 valence electrons. The van der Waals surface area contributed by atoms with Crippen molar-refractivity contribution >= 4 is 12.0 Å². The summed E-state index contributed by atoms with van der Waals surface area (Å²) in [6, 6.07) is 7.53. The fourth-order valence-corrected chi connectivity index (χ4v) is 2.15. The van der Waals surface area contributed by atoms with Crippen molar-refractivity contribution < 1.29 is 14.3 Å². The molecule has 0 saturated heterocycles. The fourth-order valence-electron chi connectivity index (χ4n) is 2.15. The first-order valence-corrected chi connectivity index (χ1v) is 8.14. The molecule has 1 aromatic rings. The normalized spacial score (nSPS) is 12.3. The maximum absolute atomic E-state index is 11.7. The number of ether oxygens (including phenoxy) is 2. The largest absolute Gasteiger partial charge is 0.497 e. The molecule has 3 heteroatoms. The summed E-state index contributed by atoms with van der Waals surface area (Å²) in [6.45, 7) is 4.84. The number of methoxy groups -OCH3 is 1. The Kier molecular flexibility index (Phi) is 9.04. The molecule has 0 bridgehead atoms. The van der Waals surface area contributed by atoms with Crippen LogP contribution in [0, 0.1) is 5.92 Å². The van der Waals surface area contributed by atoms with Crippen LogP contribution in [0.25, 0.3) is 6.08 Å². The van der Waals surface area contributed by atoms with Gasteiger partial charge in [-0.2, -0.15) is 0 Å². The number of hydrogen-bond acceptors (Lipinski definition) is 3. The number of benzene rings is 1. The molecule has 0 aliphatic heterocycles. The van der Waals surface area contributed by atoms with Crippen molar-refractivity contribution in [1.29, 1.82) is 0 Å². The van der Waals surface area contributed by atoms with Crippen LogP contribution in [0.15, 0.2) is 30.3 Å². The van der Waals surface area contributed by atoms with Crippen LogP contribution < -0.4 is 4.74 Å². The molecule has 0 radical (unpaired) electrons. The van der Waals surface area contributed by atoms with Gasteiger partial charge in [0.2, 0.25) is 0 Å². The summed E-state index contributed by atoms with van der Waals surface area (Å²) in [7, 11) is 1.63. The van der Waals surface area contributed by atoms with Crippen molar-refractivity contribution in [3.63, 3.8) is 0 Å². The maximum Gasteiger partial charge on any atom is 0.330 e. The van der Waals surface area contributed by atoms with Crippen LogP contribution in [0.2, 0.25) is 0 Å². The van der Waals surface area contributed by atoms with E-state index in [9.17, 15) is 4.79 Å². The second kappa shape index (κ2) is 10.9. The van der Waals surface area contributed by atoms with Crippen LogP contribution in [0.3, 0.4) is 0 Å². The monoisotopic (exact) mass is 304 g/mol. The average molecular weight is 304 g/mol. The highest BCUT2D eigenvalue weighted by atomic mass is 16.5. The Balaban J connectivity index is 2.25. The van der Waals surface area contributed by atoms with E-state index in [0.717, 1.165) is 17.7 Å². The smallest absolute Gasteiger partial charge is 0.330 e. The zero-order valence-corrected chi connectivity index (χ0v) is 14.0. The summed E-state index contributed by atoms with van der Waals surface area (Å²) in [5.41, 5.74) is 0.949. The van der Waals surface area contributed by atoms with E-state index in [4.69, 9.17) is 9.47 Å². The lowest BCUT2D eigenvalue weighted by atomic mass is 10.0. The van der Waals surface area contributed by atoms with E-state index in [2.05, 4.69) is 13.8 Å². The number of rotatable bonds is 10. The Morgan fingerprint density at radius 3 is 2.55 bits per heavy atom. The molecule has 0 spiro atoms. The lowest BCUT2D eigenvalue weighted by Crippen LogP contribution is -2.10. The van der Waals surface area contributed by atoms with E-state index < -0.39 is 0 Å². The van der Waals surface area contributed by atoms with Gasteiger partial charge in [-0.05, 0) is 36.1 Å². The average Bonchev–Trinajstić information content (AvgIpc) is 2.55. The summed E-state index contributed by atoms with van der Waals surface area (Å²) >= 11 is 0. The van der Waals surface area contributed by atoms with Gasteiger partial charge in [0, 0.05) is 6.08 Å². The highest BCUT2D eigenvalue weighted by Gasteiger charge is 2.05. The van der Waals surface area contributed by atoms with Gasteiger partial charge in [0.05, 0.1) is 13.7 Å². The van der Waals surface area contributed by atoms with Gasteiger partial charge >= 0.3 is 5.97 Å². The molecule has 0 fully saturated rings.